The second-order valence-corrected chi connectivity index (χ2v) is 3.36. The summed E-state index contributed by atoms with van der Waals surface area (Å²) in [6.45, 7) is 6.15. The van der Waals surface area contributed by atoms with Gasteiger partial charge in [-0.1, -0.05) is 6.58 Å². The molecule has 1 N–H and O–H groups in total. The Morgan fingerprint density at radius 2 is 1.86 bits per heavy atom. The fourth-order valence-electron chi connectivity index (χ4n) is 0.369. The molecule has 0 aliphatic rings. The minimum Gasteiger partial charge on any atom is -0.461 e. The Balaban J connectivity index is 0. The lowest BCUT2D eigenvalue weighted by molar-refractivity contribution is -0.138. The molecule has 0 atom stereocenters. The van der Waals surface area contributed by atoms with Crippen LogP contribution < -0.4 is 5.32 Å². The quantitative estimate of drug-likeness (QED) is 0.409. The van der Waals surface area contributed by atoms with Crippen molar-refractivity contribution in [2.24, 2.45) is 0 Å². The lowest BCUT2D eigenvalue weighted by Gasteiger charge is -2.01. The van der Waals surface area contributed by atoms with E-state index in [1.165, 1.54) is 0 Å². The zero-order valence-electron chi connectivity index (χ0n) is 9.89. The van der Waals surface area contributed by atoms with Gasteiger partial charge in [-0.15, -0.1) is 0 Å². The van der Waals surface area contributed by atoms with Crippen LogP contribution in [0.25, 0.3) is 0 Å². The van der Waals surface area contributed by atoms with Gasteiger partial charge in [-0.3, -0.25) is 0 Å². The van der Waals surface area contributed by atoms with Crippen molar-refractivity contribution in [1.29, 1.82) is 0 Å². The van der Waals surface area contributed by atoms with Gasteiger partial charge in [0.15, 0.2) is 0 Å². The van der Waals surface area contributed by atoms with Crippen LogP contribution in [-0.4, -0.2) is 52.2 Å². The Hall–Kier alpha value is -0.870. The van der Waals surface area contributed by atoms with E-state index in [-0.39, 0.29) is 5.97 Å². The summed E-state index contributed by atoms with van der Waals surface area (Å²) in [5.41, 5.74) is 0.441. The summed E-state index contributed by atoms with van der Waals surface area (Å²) in [6, 6.07) is 0. The smallest absolute Gasteiger partial charge is 0.333 e. The third-order valence-electron chi connectivity index (χ3n) is 0.934. The Kier molecular flexibility index (Phi) is 11.4. The summed E-state index contributed by atoms with van der Waals surface area (Å²) < 4.78 is 4.74. The Bertz CT molecular complexity index is 165. The third kappa shape index (κ3) is 17.3. The molecule has 4 nitrogen and oxygen atoms in total. The van der Waals surface area contributed by atoms with E-state index in [9.17, 15) is 4.79 Å². The van der Waals surface area contributed by atoms with Crippen molar-refractivity contribution < 1.29 is 9.53 Å². The lowest BCUT2D eigenvalue weighted by Crippen LogP contribution is -2.17. The molecule has 0 bridgehead atoms. The van der Waals surface area contributed by atoms with Gasteiger partial charge in [0, 0.05) is 12.1 Å². The predicted octanol–water partition coefficient (Wildman–Crippen LogP) is 0.503. The second-order valence-electron chi connectivity index (χ2n) is 3.36. The number of hydrogen-bond donors (Lipinski definition) is 1. The summed E-state index contributed by atoms with van der Waals surface area (Å²) in [6.07, 6.45) is 0. The highest BCUT2D eigenvalue weighted by Crippen LogP contribution is 1.89. The first kappa shape index (κ1) is 15.6. The lowest BCUT2D eigenvalue weighted by atomic mass is 10.4. The van der Waals surface area contributed by atoms with Crippen LogP contribution in [0.5, 0.6) is 0 Å². The average molecular weight is 202 g/mol. The molecule has 0 radical (unpaired) electrons. The van der Waals surface area contributed by atoms with Crippen molar-refractivity contribution in [3.63, 3.8) is 0 Å². The molecule has 0 spiro atoms. The molecular formula is C10H22N2O2. The zero-order valence-corrected chi connectivity index (χ0v) is 9.89. The summed E-state index contributed by atoms with van der Waals surface area (Å²) >= 11 is 0. The molecule has 0 heterocycles. The fourth-order valence-corrected chi connectivity index (χ4v) is 0.369. The average Bonchev–Trinajstić information content (AvgIpc) is 2.03. The number of carbonyl (C=O) groups excluding carboxylic acids is 1. The van der Waals surface area contributed by atoms with E-state index in [4.69, 9.17) is 4.74 Å². The molecule has 0 aliphatic carbocycles. The minimum atomic E-state index is -0.324. The normalized spacial score (nSPS) is 9.00. The number of nitrogens with one attached hydrogen (secondary N) is 1. The number of carbonyl (C=O) groups is 1. The third-order valence-corrected chi connectivity index (χ3v) is 0.934. The van der Waals surface area contributed by atoms with Crippen LogP contribution in [0.4, 0.5) is 0 Å². The van der Waals surface area contributed by atoms with Crippen LogP contribution in [0.1, 0.15) is 6.92 Å². The maximum atomic E-state index is 10.7. The van der Waals surface area contributed by atoms with Gasteiger partial charge >= 0.3 is 5.97 Å². The molecule has 0 saturated carbocycles. The van der Waals surface area contributed by atoms with Gasteiger partial charge in [0.2, 0.25) is 0 Å². The topological polar surface area (TPSA) is 41.6 Å². The van der Waals surface area contributed by atoms with Crippen LogP contribution in [0, 0.1) is 0 Å². The molecular weight excluding hydrogens is 180 g/mol. The molecule has 4 heteroatoms. The zero-order chi connectivity index (χ0) is 11.6. The molecule has 84 valence electrons. The van der Waals surface area contributed by atoms with E-state index < -0.39 is 0 Å². The van der Waals surface area contributed by atoms with Gasteiger partial charge in [0.05, 0.1) is 0 Å². The van der Waals surface area contributed by atoms with Crippen molar-refractivity contribution >= 4 is 5.97 Å². The Morgan fingerprint density at radius 3 is 2.14 bits per heavy atom. The summed E-state index contributed by atoms with van der Waals surface area (Å²) in [7, 11) is 7.80. The van der Waals surface area contributed by atoms with Gasteiger partial charge in [0.1, 0.15) is 6.61 Å². The predicted molar refractivity (Wildman–Crippen MR) is 59.3 cm³/mol. The molecule has 0 rings (SSSR count). The molecule has 14 heavy (non-hydrogen) atoms. The van der Waals surface area contributed by atoms with Gasteiger partial charge in [-0.25, -0.2) is 4.79 Å². The Labute approximate surface area is 86.9 Å². The maximum absolute atomic E-state index is 10.7. The van der Waals surface area contributed by atoms with E-state index in [1.54, 1.807) is 14.0 Å². The maximum Gasteiger partial charge on any atom is 0.333 e. The van der Waals surface area contributed by atoms with Crippen LogP contribution >= 0.6 is 0 Å². The SMILES string of the molecule is C=C(C)C(=O)OCCNC.CN(C)C. The Morgan fingerprint density at radius 1 is 1.43 bits per heavy atom. The first-order valence-electron chi connectivity index (χ1n) is 4.50. The molecule has 0 fully saturated rings. The standard InChI is InChI=1S/C7H13NO2.C3H9N/c1-6(2)7(9)10-5-4-8-3;1-4(2)3/h8H,1,4-5H2,2-3H3;1-3H3. The van der Waals surface area contributed by atoms with E-state index in [0.29, 0.717) is 18.7 Å². The van der Waals surface area contributed by atoms with Crippen molar-refractivity contribution in [3.8, 4) is 0 Å². The summed E-state index contributed by atoms with van der Waals surface area (Å²) in [5, 5.41) is 2.86. The minimum absolute atomic E-state index is 0.324. The van der Waals surface area contributed by atoms with E-state index in [0.717, 1.165) is 0 Å². The van der Waals surface area contributed by atoms with Crippen molar-refractivity contribution in [1.82, 2.24) is 10.2 Å². The highest BCUT2D eigenvalue weighted by molar-refractivity contribution is 5.86. The number of nitrogens with zero attached hydrogens (tertiary/aromatic N) is 1. The molecule has 0 saturated heterocycles. The number of esters is 1. The summed E-state index contributed by atoms with van der Waals surface area (Å²) in [4.78, 5) is 12.7. The van der Waals surface area contributed by atoms with Crippen LogP contribution in [0.15, 0.2) is 12.2 Å². The monoisotopic (exact) mass is 202 g/mol. The van der Waals surface area contributed by atoms with Gasteiger partial charge in [0.25, 0.3) is 0 Å². The van der Waals surface area contributed by atoms with Crippen LogP contribution in [0.3, 0.4) is 0 Å². The van der Waals surface area contributed by atoms with Crippen LogP contribution in [-0.2, 0) is 9.53 Å². The van der Waals surface area contributed by atoms with Crippen molar-refractivity contribution in [3.05, 3.63) is 12.2 Å². The number of ether oxygens (including phenoxy) is 1. The van der Waals surface area contributed by atoms with E-state index in [2.05, 4.69) is 11.9 Å². The molecule has 0 aromatic heterocycles. The molecule has 0 aromatic rings. The first-order valence-corrected chi connectivity index (χ1v) is 4.50. The second kappa shape index (κ2) is 10.2. The van der Waals surface area contributed by atoms with Gasteiger partial charge < -0.3 is 15.0 Å². The molecule has 0 amide bonds. The molecule has 0 aromatic carbocycles. The van der Waals surface area contributed by atoms with Gasteiger partial charge in [-0.05, 0) is 35.1 Å². The number of rotatable bonds is 4. The number of hydrogen-bond acceptors (Lipinski definition) is 4. The molecule has 0 aliphatic heterocycles. The molecule has 0 unspecified atom stereocenters. The van der Waals surface area contributed by atoms with Crippen molar-refractivity contribution in [2.45, 2.75) is 6.92 Å². The van der Waals surface area contributed by atoms with E-state index in [1.807, 2.05) is 26.0 Å². The largest absolute Gasteiger partial charge is 0.461 e. The summed E-state index contributed by atoms with van der Waals surface area (Å²) in [5.74, 6) is -0.324. The van der Waals surface area contributed by atoms with Crippen LogP contribution in [0.2, 0.25) is 0 Å². The highest BCUT2D eigenvalue weighted by atomic mass is 16.5. The highest BCUT2D eigenvalue weighted by Gasteiger charge is 2.00. The first-order chi connectivity index (χ1) is 6.41. The van der Waals surface area contributed by atoms with E-state index >= 15 is 0 Å². The number of likely N-dealkylation sites (N-methyl/N-ethyl adjacent to an activating group) is 1. The van der Waals surface area contributed by atoms with Gasteiger partial charge in [-0.2, -0.15) is 0 Å². The fraction of sp³-hybridized carbons (Fsp3) is 0.700. The van der Waals surface area contributed by atoms with Crippen molar-refractivity contribution in [2.75, 3.05) is 41.3 Å².